The summed E-state index contributed by atoms with van der Waals surface area (Å²) in [6.07, 6.45) is 0. The minimum Gasteiger partial charge on any atom is -0.341 e. The molecule has 0 aliphatic rings. The van der Waals surface area contributed by atoms with Crippen molar-refractivity contribution in [3.8, 4) is 0 Å². The third-order valence-electron chi connectivity index (χ3n) is 3.40. The molecule has 4 nitrogen and oxygen atoms in total. The fourth-order valence-electron chi connectivity index (χ4n) is 1.80. The van der Waals surface area contributed by atoms with E-state index >= 15 is 0 Å². The fraction of sp³-hybridized carbons (Fsp3) is 0.714. The maximum Gasteiger partial charge on any atom is 0.225 e. The number of aryl methyl sites for hydroxylation is 1. The van der Waals surface area contributed by atoms with Gasteiger partial charge in [-0.2, -0.15) is 0 Å². The molecular formula is C14H26N4. The van der Waals surface area contributed by atoms with E-state index in [4.69, 9.17) is 0 Å². The molecule has 0 radical (unpaired) electrons. The van der Waals surface area contributed by atoms with E-state index < -0.39 is 0 Å². The van der Waals surface area contributed by atoms with E-state index in [0.29, 0.717) is 6.04 Å². The van der Waals surface area contributed by atoms with Gasteiger partial charge in [-0.15, -0.1) is 0 Å². The zero-order valence-electron chi connectivity index (χ0n) is 12.7. The number of aromatic nitrogens is 2. The zero-order valence-corrected chi connectivity index (χ0v) is 12.7. The van der Waals surface area contributed by atoms with Crippen molar-refractivity contribution in [3.05, 3.63) is 17.5 Å². The van der Waals surface area contributed by atoms with Gasteiger partial charge in [-0.05, 0) is 32.4 Å². The summed E-state index contributed by atoms with van der Waals surface area (Å²) < 4.78 is 0. The summed E-state index contributed by atoms with van der Waals surface area (Å²) in [7, 11) is 3.99. The molecule has 1 aromatic heterocycles. The van der Waals surface area contributed by atoms with E-state index in [2.05, 4.69) is 54.9 Å². The van der Waals surface area contributed by atoms with Crippen molar-refractivity contribution in [1.82, 2.24) is 15.3 Å². The second-order valence-corrected chi connectivity index (χ2v) is 5.98. The quantitative estimate of drug-likeness (QED) is 0.891. The molecule has 1 rings (SSSR count). The molecule has 0 saturated carbocycles. The Hall–Kier alpha value is -1.16. The third kappa shape index (κ3) is 3.67. The minimum absolute atomic E-state index is 0.199. The van der Waals surface area contributed by atoms with Gasteiger partial charge in [-0.1, -0.05) is 20.8 Å². The van der Waals surface area contributed by atoms with Crippen LogP contribution in [0.15, 0.2) is 6.07 Å². The fourth-order valence-corrected chi connectivity index (χ4v) is 1.80. The summed E-state index contributed by atoms with van der Waals surface area (Å²) in [6.45, 7) is 11.7. The minimum atomic E-state index is 0.199. The molecule has 4 heteroatoms. The summed E-state index contributed by atoms with van der Waals surface area (Å²) in [5, 5.41) is 3.13. The Morgan fingerprint density at radius 2 is 1.94 bits per heavy atom. The topological polar surface area (TPSA) is 41.1 Å². The predicted octanol–water partition coefficient (Wildman–Crippen LogP) is 2.38. The van der Waals surface area contributed by atoms with Crippen LogP contribution in [0.2, 0.25) is 0 Å². The normalized spacial score (nSPS) is 13.5. The van der Waals surface area contributed by atoms with Crippen LogP contribution < -0.4 is 10.2 Å². The first-order valence-electron chi connectivity index (χ1n) is 6.47. The van der Waals surface area contributed by atoms with Crippen molar-refractivity contribution >= 4 is 5.95 Å². The SMILES string of the molecule is CNCc1cc(C)nc(N(C)C(C)C(C)(C)C)n1. The molecule has 0 spiro atoms. The summed E-state index contributed by atoms with van der Waals surface area (Å²) in [5.74, 6) is 0.808. The Kier molecular flexibility index (Phi) is 4.68. The van der Waals surface area contributed by atoms with Gasteiger partial charge >= 0.3 is 0 Å². The molecule has 1 atom stereocenters. The molecule has 102 valence electrons. The lowest BCUT2D eigenvalue weighted by Gasteiger charge is -2.35. The number of rotatable bonds is 4. The summed E-state index contributed by atoms with van der Waals surface area (Å²) >= 11 is 0. The van der Waals surface area contributed by atoms with Gasteiger partial charge in [0.1, 0.15) is 0 Å². The van der Waals surface area contributed by atoms with Gasteiger partial charge in [0.25, 0.3) is 0 Å². The van der Waals surface area contributed by atoms with Crippen LogP contribution in [0.5, 0.6) is 0 Å². The standard InChI is InChI=1S/C14H26N4/c1-10-8-12(9-15-6)17-13(16-10)18(7)11(2)14(3,4)5/h8,11,15H,9H2,1-7H3. The third-order valence-corrected chi connectivity index (χ3v) is 3.40. The van der Waals surface area contributed by atoms with Crippen LogP contribution >= 0.6 is 0 Å². The molecule has 0 amide bonds. The lowest BCUT2D eigenvalue weighted by atomic mass is 9.87. The van der Waals surface area contributed by atoms with Crippen LogP contribution in [0.3, 0.4) is 0 Å². The van der Waals surface area contributed by atoms with Crippen LogP contribution in [0.4, 0.5) is 5.95 Å². The van der Waals surface area contributed by atoms with E-state index in [1.54, 1.807) is 0 Å². The summed E-state index contributed by atoms with van der Waals surface area (Å²) in [5.41, 5.74) is 2.25. The molecule has 0 saturated heterocycles. The average Bonchev–Trinajstić information content (AvgIpc) is 2.25. The number of nitrogens with zero attached hydrogens (tertiary/aromatic N) is 3. The molecule has 0 bridgehead atoms. The Morgan fingerprint density at radius 1 is 1.33 bits per heavy atom. The second kappa shape index (κ2) is 5.65. The van der Waals surface area contributed by atoms with Gasteiger partial charge in [-0.3, -0.25) is 0 Å². The van der Waals surface area contributed by atoms with Gasteiger partial charge in [0, 0.05) is 25.3 Å². The van der Waals surface area contributed by atoms with Crippen LogP contribution in [-0.4, -0.2) is 30.1 Å². The Bertz CT molecular complexity index is 395. The first-order valence-corrected chi connectivity index (χ1v) is 6.47. The van der Waals surface area contributed by atoms with Crippen molar-refractivity contribution in [3.63, 3.8) is 0 Å². The summed E-state index contributed by atoms with van der Waals surface area (Å²) in [4.78, 5) is 11.3. The Labute approximate surface area is 111 Å². The van der Waals surface area contributed by atoms with Crippen LogP contribution in [-0.2, 0) is 6.54 Å². The van der Waals surface area contributed by atoms with Crippen molar-refractivity contribution < 1.29 is 0 Å². The smallest absolute Gasteiger partial charge is 0.225 e. The highest BCUT2D eigenvalue weighted by Crippen LogP contribution is 2.25. The number of nitrogens with one attached hydrogen (secondary N) is 1. The van der Waals surface area contributed by atoms with E-state index in [1.165, 1.54) is 0 Å². The molecular weight excluding hydrogens is 224 g/mol. The van der Waals surface area contributed by atoms with Crippen molar-refractivity contribution in [2.75, 3.05) is 19.0 Å². The van der Waals surface area contributed by atoms with Gasteiger partial charge in [-0.25, -0.2) is 9.97 Å². The van der Waals surface area contributed by atoms with Crippen LogP contribution in [0.25, 0.3) is 0 Å². The number of hydrogen-bond donors (Lipinski definition) is 1. The van der Waals surface area contributed by atoms with Gasteiger partial charge in [0.05, 0.1) is 5.69 Å². The van der Waals surface area contributed by atoms with E-state index in [0.717, 1.165) is 23.9 Å². The lowest BCUT2D eigenvalue weighted by Crippen LogP contribution is -2.40. The van der Waals surface area contributed by atoms with E-state index in [1.807, 2.05) is 20.0 Å². The first-order chi connectivity index (χ1) is 8.25. The zero-order chi connectivity index (χ0) is 13.9. The molecule has 1 N–H and O–H groups in total. The Balaban J connectivity index is 3.01. The number of anilines is 1. The average molecular weight is 250 g/mol. The van der Waals surface area contributed by atoms with Crippen molar-refractivity contribution in [2.45, 2.75) is 47.2 Å². The highest BCUT2D eigenvalue weighted by Gasteiger charge is 2.25. The van der Waals surface area contributed by atoms with Gasteiger partial charge in [0.15, 0.2) is 0 Å². The molecule has 0 fully saturated rings. The van der Waals surface area contributed by atoms with Crippen LogP contribution in [0.1, 0.15) is 39.1 Å². The largest absolute Gasteiger partial charge is 0.341 e. The molecule has 1 unspecified atom stereocenters. The molecule has 0 aromatic carbocycles. The summed E-state index contributed by atoms with van der Waals surface area (Å²) in [6, 6.07) is 2.40. The maximum absolute atomic E-state index is 4.61. The lowest BCUT2D eigenvalue weighted by molar-refractivity contribution is 0.327. The second-order valence-electron chi connectivity index (χ2n) is 5.98. The predicted molar refractivity (Wildman–Crippen MR) is 76.9 cm³/mol. The maximum atomic E-state index is 4.61. The van der Waals surface area contributed by atoms with Gasteiger partial charge < -0.3 is 10.2 Å². The molecule has 0 aliphatic heterocycles. The van der Waals surface area contributed by atoms with Gasteiger partial charge in [0.2, 0.25) is 5.95 Å². The Morgan fingerprint density at radius 3 is 2.44 bits per heavy atom. The number of hydrogen-bond acceptors (Lipinski definition) is 4. The monoisotopic (exact) mass is 250 g/mol. The van der Waals surface area contributed by atoms with Crippen molar-refractivity contribution in [1.29, 1.82) is 0 Å². The molecule has 0 aliphatic carbocycles. The van der Waals surface area contributed by atoms with E-state index in [9.17, 15) is 0 Å². The first kappa shape index (κ1) is 14.9. The molecule has 1 aromatic rings. The van der Waals surface area contributed by atoms with Crippen molar-refractivity contribution in [2.24, 2.45) is 5.41 Å². The highest BCUT2D eigenvalue weighted by molar-refractivity contribution is 5.33. The molecule has 18 heavy (non-hydrogen) atoms. The van der Waals surface area contributed by atoms with Crippen LogP contribution in [0, 0.1) is 12.3 Å². The van der Waals surface area contributed by atoms with E-state index in [-0.39, 0.29) is 5.41 Å². The highest BCUT2D eigenvalue weighted by atomic mass is 15.3. The molecule has 1 heterocycles.